The first-order chi connectivity index (χ1) is 18.4. The van der Waals surface area contributed by atoms with Crippen molar-refractivity contribution in [3.63, 3.8) is 0 Å². The molecule has 0 atom stereocenters. The third-order valence-corrected chi connectivity index (χ3v) is 7.94. The van der Waals surface area contributed by atoms with E-state index in [1.165, 1.54) is 22.0 Å². The lowest BCUT2D eigenvalue weighted by Crippen LogP contribution is -2.32. The summed E-state index contributed by atoms with van der Waals surface area (Å²) in [6.45, 7) is 15.7. The molecule has 0 radical (unpaired) electrons. The lowest BCUT2D eigenvalue weighted by molar-refractivity contribution is -0.633. The van der Waals surface area contributed by atoms with Gasteiger partial charge >= 0.3 is 0 Å². The predicted molar refractivity (Wildman–Crippen MR) is 163 cm³/mol. The molecule has 3 nitrogen and oxygen atoms in total. The van der Waals surface area contributed by atoms with E-state index in [0.717, 1.165) is 50.1 Å². The Kier molecular flexibility index (Phi) is 5.69. The quantitative estimate of drug-likeness (QED) is 0.216. The van der Waals surface area contributed by atoms with Crippen LogP contribution in [0.25, 0.3) is 55.4 Å². The van der Waals surface area contributed by atoms with E-state index in [4.69, 9.17) is 9.40 Å². The SMILES string of the molecule is Cc1ccc2c(oc3ccc(-c4cc(C(C)(C)C)cc(C(C)(C)C)n4)cc32)c1-c1ccc2ccccc2[n+]1C. The number of aryl methyl sites for hydroxylation is 2. The Morgan fingerprint density at radius 1 is 0.744 bits per heavy atom. The van der Waals surface area contributed by atoms with Crippen LogP contribution in [0.1, 0.15) is 58.4 Å². The van der Waals surface area contributed by atoms with Crippen LogP contribution in [0, 0.1) is 6.92 Å². The Labute approximate surface area is 231 Å². The van der Waals surface area contributed by atoms with E-state index < -0.39 is 0 Å². The summed E-state index contributed by atoms with van der Waals surface area (Å²) >= 11 is 0. The third-order valence-electron chi connectivity index (χ3n) is 7.94. The first kappa shape index (κ1) is 25.3. The molecular weight excluding hydrogens is 476 g/mol. The second-order valence-electron chi connectivity index (χ2n) is 12.9. The van der Waals surface area contributed by atoms with Gasteiger partial charge in [-0.25, -0.2) is 0 Å². The molecule has 0 fully saturated rings. The van der Waals surface area contributed by atoms with Gasteiger partial charge in [-0.15, -0.1) is 0 Å². The summed E-state index contributed by atoms with van der Waals surface area (Å²) in [7, 11) is 2.14. The number of nitrogens with zero attached hydrogens (tertiary/aromatic N) is 2. The molecule has 6 rings (SSSR count). The van der Waals surface area contributed by atoms with E-state index in [-0.39, 0.29) is 10.8 Å². The van der Waals surface area contributed by atoms with Gasteiger partial charge in [0.15, 0.2) is 0 Å². The molecule has 0 N–H and O–H groups in total. The largest absolute Gasteiger partial charge is 0.455 e. The van der Waals surface area contributed by atoms with E-state index in [1.54, 1.807) is 0 Å². The van der Waals surface area contributed by atoms with Crippen molar-refractivity contribution < 1.29 is 8.98 Å². The van der Waals surface area contributed by atoms with E-state index in [9.17, 15) is 0 Å². The molecule has 0 saturated heterocycles. The molecule has 0 bridgehead atoms. The Morgan fingerprint density at radius 2 is 1.51 bits per heavy atom. The van der Waals surface area contributed by atoms with Crippen molar-refractivity contribution in [1.82, 2.24) is 4.98 Å². The number of furan rings is 1. The molecule has 0 saturated carbocycles. The van der Waals surface area contributed by atoms with E-state index in [1.807, 2.05) is 0 Å². The van der Waals surface area contributed by atoms with Crippen LogP contribution < -0.4 is 4.57 Å². The third kappa shape index (κ3) is 4.30. The van der Waals surface area contributed by atoms with Gasteiger partial charge in [0.1, 0.15) is 18.2 Å². The Hall–Kier alpha value is -3.98. The molecule has 196 valence electrons. The van der Waals surface area contributed by atoms with E-state index in [2.05, 4.69) is 139 Å². The molecule has 3 heteroatoms. The molecule has 0 aliphatic rings. The van der Waals surface area contributed by atoms with Gasteiger partial charge in [-0.05, 0) is 65.9 Å². The summed E-state index contributed by atoms with van der Waals surface area (Å²) in [6, 6.07) is 28.3. The zero-order valence-electron chi connectivity index (χ0n) is 24.3. The van der Waals surface area contributed by atoms with Crippen LogP contribution in [0.15, 0.2) is 83.3 Å². The van der Waals surface area contributed by atoms with Gasteiger partial charge in [0.25, 0.3) is 0 Å². The van der Waals surface area contributed by atoms with Gasteiger partial charge in [0, 0.05) is 45.0 Å². The van der Waals surface area contributed by atoms with Gasteiger partial charge in [-0.3, -0.25) is 4.98 Å². The molecule has 3 heterocycles. The van der Waals surface area contributed by atoms with Gasteiger partial charge in [0.05, 0.1) is 11.3 Å². The van der Waals surface area contributed by atoms with Crippen LogP contribution in [0.3, 0.4) is 0 Å². The Morgan fingerprint density at radius 3 is 2.26 bits per heavy atom. The van der Waals surface area contributed by atoms with Crippen molar-refractivity contribution in [2.45, 2.75) is 59.3 Å². The van der Waals surface area contributed by atoms with Gasteiger partial charge in [-0.1, -0.05) is 65.8 Å². The molecule has 3 aromatic carbocycles. The maximum absolute atomic E-state index is 6.60. The lowest BCUT2D eigenvalue weighted by atomic mass is 9.82. The highest BCUT2D eigenvalue weighted by Gasteiger charge is 2.24. The summed E-state index contributed by atoms with van der Waals surface area (Å²) < 4.78 is 8.87. The summed E-state index contributed by atoms with van der Waals surface area (Å²) in [5, 5.41) is 3.47. The molecule has 0 amide bonds. The van der Waals surface area contributed by atoms with Crippen molar-refractivity contribution in [1.29, 1.82) is 0 Å². The first-order valence-electron chi connectivity index (χ1n) is 13.8. The van der Waals surface area contributed by atoms with Crippen molar-refractivity contribution in [3.8, 4) is 22.5 Å². The van der Waals surface area contributed by atoms with Crippen LogP contribution >= 0.6 is 0 Å². The molecule has 0 aliphatic carbocycles. The fourth-order valence-electron chi connectivity index (χ4n) is 5.51. The average molecular weight is 514 g/mol. The fourth-order valence-corrected chi connectivity index (χ4v) is 5.51. The van der Waals surface area contributed by atoms with Crippen molar-refractivity contribution in [2.24, 2.45) is 7.05 Å². The number of pyridine rings is 2. The van der Waals surface area contributed by atoms with Gasteiger partial charge in [-0.2, -0.15) is 4.57 Å². The van der Waals surface area contributed by atoms with E-state index in [0.29, 0.717) is 0 Å². The normalized spacial score (nSPS) is 12.6. The number of para-hydroxylation sites is 1. The summed E-state index contributed by atoms with van der Waals surface area (Å²) in [5.74, 6) is 0. The molecule has 0 spiro atoms. The monoisotopic (exact) mass is 513 g/mol. The summed E-state index contributed by atoms with van der Waals surface area (Å²) in [6.07, 6.45) is 0. The number of rotatable bonds is 2. The first-order valence-corrected chi connectivity index (χ1v) is 13.8. The van der Waals surface area contributed by atoms with Crippen LogP contribution in [0.4, 0.5) is 0 Å². The Balaban J connectivity index is 1.58. The molecule has 3 aromatic heterocycles. The van der Waals surface area contributed by atoms with E-state index >= 15 is 0 Å². The molecule has 39 heavy (non-hydrogen) atoms. The van der Waals surface area contributed by atoms with Crippen LogP contribution in [-0.4, -0.2) is 4.98 Å². The molecule has 0 unspecified atom stereocenters. The van der Waals surface area contributed by atoms with Gasteiger partial charge < -0.3 is 4.42 Å². The minimum Gasteiger partial charge on any atom is -0.455 e. The predicted octanol–water partition coefficient (Wildman–Crippen LogP) is 9.20. The number of hydrogen-bond donors (Lipinski definition) is 0. The van der Waals surface area contributed by atoms with Gasteiger partial charge in [0.2, 0.25) is 11.2 Å². The average Bonchev–Trinajstić information content (AvgIpc) is 3.26. The summed E-state index contributed by atoms with van der Waals surface area (Å²) in [4.78, 5) is 5.15. The zero-order chi connectivity index (χ0) is 27.7. The van der Waals surface area contributed by atoms with Crippen LogP contribution in [0.5, 0.6) is 0 Å². The van der Waals surface area contributed by atoms with Crippen molar-refractivity contribution in [3.05, 3.63) is 95.7 Å². The topological polar surface area (TPSA) is 29.9 Å². The highest BCUT2D eigenvalue weighted by Crippen LogP contribution is 2.39. The van der Waals surface area contributed by atoms with Crippen molar-refractivity contribution >= 4 is 32.8 Å². The standard InChI is InChI=1S/C36H37N2O/c1-22-13-16-26-27-19-24(28-20-25(35(2,3)4)21-32(37-28)36(5,6)7)15-18-31(27)39-34(26)33(22)30-17-14-23-11-9-10-12-29(23)38(30)8/h9-21H,1-8H3/q+1. The second-order valence-corrected chi connectivity index (χ2v) is 12.9. The number of aromatic nitrogens is 2. The smallest absolute Gasteiger partial charge is 0.216 e. The lowest BCUT2D eigenvalue weighted by Gasteiger charge is -2.25. The number of fused-ring (bicyclic) bond motifs is 4. The maximum Gasteiger partial charge on any atom is 0.216 e. The molecule has 6 aromatic rings. The van der Waals surface area contributed by atoms with Crippen LogP contribution in [-0.2, 0) is 17.9 Å². The Bertz CT molecular complexity index is 1860. The summed E-state index contributed by atoms with van der Waals surface area (Å²) in [5.41, 5.74) is 11.0. The fraction of sp³-hybridized carbons (Fsp3) is 0.278. The maximum atomic E-state index is 6.60. The highest BCUT2D eigenvalue weighted by molar-refractivity contribution is 6.10. The number of hydrogen-bond acceptors (Lipinski definition) is 2. The molecule has 0 aliphatic heterocycles. The van der Waals surface area contributed by atoms with Crippen molar-refractivity contribution in [2.75, 3.05) is 0 Å². The number of benzene rings is 3. The minimum absolute atomic E-state index is 0.0337. The minimum atomic E-state index is -0.0374. The molecular formula is C36H37N2O+. The van der Waals surface area contributed by atoms with Crippen LogP contribution in [0.2, 0.25) is 0 Å². The second kappa shape index (κ2) is 8.77. The highest BCUT2D eigenvalue weighted by atomic mass is 16.3. The zero-order valence-corrected chi connectivity index (χ0v) is 24.3.